The zero-order valence-corrected chi connectivity index (χ0v) is 23.0. The highest BCUT2D eigenvalue weighted by Gasteiger charge is 2.23. The van der Waals surface area contributed by atoms with Gasteiger partial charge in [-0.2, -0.15) is 0 Å². The normalized spacial score (nSPS) is 13.5. The quantitative estimate of drug-likeness (QED) is 0.260. The van der Waals surface area contributed by atoms with Crippen molar-refractivity contribution in [3.8, 4) is 17.2 Å². The number of anilines is 1. The number of aromatic nitrogens is 1. The molecule has 9 nitrogen and oxygen atoms in total. The van der Waals surface area contributed by atoms with Crippen molar-refractivity contribution in [1.82, 2.24) is 9.88 Å². The number of hydrogen-bond donors (Lipinski definition) is 0. The number of pyridine rings is 1. The molecule has 1 amide bonds. The summed E-state index contributed by atoms with van der Waals surface area (Å²) in [6.45, 7) is 3.21. The molecule has 0 spiro atoms. The van der Waals surface area contributed by atoms with Gasteiger partial charge in [0.2, 0.25) is 5.91 Å². The first-order valence-corrected chi connectivity index (χ1v) is 13.1. The summed E-state index contributed by atoms with van der Waals surface area (Å²) >= 11 is 0. The van der Waals surface area contributed by atoms with Crippen LogP contribution in [0.1, 0.15) is 16.9 Å². The van der Waals surface area contributed by atoms with Crippen molar-refractivity contribution in [2.75, 3.05) is 52.5 Å². The molecular weight excluding hydrogens is 510 g/mol. The summed E-state index contributed by atoms with van der Waals surface area (Å²) in [7, 11) is 4.89. The molecule has 5 rings (SSSR count). The van der Waals surface area contributed by atoms with Crippen LogP contribution in [0, 0.1) is 0 Å². The van der Waals surface area contributed by atoms with Crippen molar-refractivity contribution in [2.45, 2.75) is 13.1 Å². The van der Waals surface area contributed by atoms with Crippen molar-refractivity contribution >= 4 is 28.7 Å². The first kappa shape index (κ1) is 27.1. The number of ether oxygens (including phenoxy) is 4. The van der Waals surface area contributed by atoms with Crippen LogP contribution >= 0.6 is 0 Å². The van der Waals surface area contributed by atoms with E-state index < -0.39 is 0 Å². The molecular formula is C31H33N3O6. The summed E-state index contributed by atoms with van der Waals surface area (Å²) in [6, 6.07) is 17.0. The van der Waals surface area contributed by atoms with E-state index in [0.29, 0.717) is 62.2 Å². The monoisotopic (exact) mass is 543 g/mol. The van der Waals surface area contributed by atoms with E-state index in [9.17, 15) is 4.79 Å². The Kier molecular flexibility index (Phi) is 8.51. The summed E-state index contributed by atoms with van der Waals surface area (Å²) in [5.41, 5.74) is 2.49. The topological polar surface area (TPSA) is 86.5 Å². The maximum absolute atomic E-state index is 13.6. The number of nitrogens with zero attached hydrogens (tertiary/aromatic N) is 3. The van der Waals surface area contributed by atoms with Crippen molar-refractivity contribution in [1.29, 1.82) is 0 Å². The maximum atomic E-state index is 13.6. The lowest BCUT2D eigenvalue weighted by molar-refractivity contribution is -0.127. The van der Waals surface area contributed by atoms with E-state index in [4.69, 9.17) is 28.3 Å². The van der Waals surface area contributed by atoms with Gasteiger partial charge in [-0.3, -0.25) is 4.79 Å². The van der Waals surface area contributed by atoms with Gasteiger partial charge in [0.15, 0.2) is 0 Å². The summed E-state index contributed by atoms with van der Waals surface area (Å²) in [5, 5.41) is 0.813. The van der Waals surface area contributed by atoms with Gasteiger partial charge in [-0.05, 0) is 54.1 Å². The van der Waals surface area contributed by atoms with Gasteiger partial charge in [0, 0.05) is 30.1 Å². The molecule has 4 aromatic rings. The lowest BCUT2D eigenvalue weighted by Crippen LogP contribution is -2.38. The fourth-order valence-corrected chi connectivity index (χ4v) is 4.74. The minimum absolute atomic E-state index is 0.155. The second kappa shape index (κ2) is 12.6. The Labute approximate surface area is 233 Å². The van der Waals surface area contributed by atoms with E-state index in [0.717, 1.165) is 28.1 Å². The van der Waals surface area contributed by atoms with Crippen LogP contribution in [-0.4, -0.2) is 63.4 Å². The molecule has 0 aliphatic carbocycles. The number of amides is 1. The van der Waals surface area contributed by atoms with E-state index in [2.05, 4.69) is 4.90 Å². The molecule has 9 heteroatoms. The molecule has 2 aromatic heterocycles. The number of rotatable bonds is 10. The molecule has 0 radical (unpaired) electrons. The highest BCUT2D eigenvalue weighted by Crippen LogP contribution is 2.36. The van der Waals surface area contributed by atoms with Crippen LogP contribution in [0.15, 0.2) is 71.4 Å². The number of furan rings is 1. The van der Waals surface area contributed by atoms with Crippen molar-refractivity contribution in [3.63, 3.8) is 0 Å². The lowest BCUT2D eigenvalue weighted by atomic mass is 10.1. The van der Waals surface area contributed by atoms with E-state index in [-0.39, 0.29) is 5.91 Å². The zero-order chi connectivity index (χ0) is 27.9. The van der Waals surface area contributed by atoms with E-state index >= 15 is 0 Å². The fraction of sp³-hybridized carbons (Fsp3) is 0.290. The minimum Gasteiger partial charge on any atom is -0.497 e. The van der Waals surface area contributed by atoms with Gasteiger partial charge in [-0.1, -0.05) is 12.1 Å². The van der Waals surface area contributed by atoms with E-state index in [1.165, 1.54) is 0 Å². The van der Waals surface area contributed by atoms with Crippen LogP contribution in [0.4, 0.5) is 5.82 Å². The number of benzene rings is 2. The van der Waals surface area contributed by atoms with Gasteiger partial charge in [0.05, 0.1) is 53.9 Å². The molecule has 208 valence electrons. The molecule has 1 saturated heterocycles. The van der Waals surface area contributed by atoms with Crippen LogP contribution in [0.25, 0.3) is 17.0 Å². The van der Waals surface area contributed by atoms with E-state index in [1.54, 1.807) is 44.6 Å². The summed E-state index contributed by atoms with van der Waals surface area (Å²) in [5.74, 6) is 3.42. The Morgan fingerprint density at radius 1 is 0.975 bits per heavy atom. The lowest BCUT2D eigenvalue weighted by Gasteiger charge is -2.31. The van der Waals surface area contributed by atoms with Gasteiger partial charge >= 0.3 is 0 Å². The summed E-state index contributed by atoms with van der Waals surface area (Å²) < 4.78 is 27.7. The number of morpholine rings is 1. The summed E-state index contributed by atoms with van der Waals surface area (Å²) in [6.07, 6.45) is 4.99. The van der Waals surface area contributed by atoms with Crippen LogP contribution < -0.4 is 19.1 Å². The molecule has 0 unspecified atom stereocenters. The molecule has 3 heterocycles. The Morgan fingerprint density at radius 3 is 2.40 bits per heavy atom. The molecule has 0 N–H and O–H groups in total. The largest absolute Gasteiger partial charge is 0.497 e. The van der Waals surface area contributed by atoms with Crippen LogP contribution in [-0.2, 0) is 22.6 Å². The molecule has 1 aliphatic heterocycles. The van der Waals surface area contributed by atoms with Crippen LogP contribution in [0.2, 0.25) is 0 Å². The Bertz CT molecular complexity index is 1460. The van der Waals surface area contributed by atoms with Gasteiger partial charge in [0.25, 0.3) is 0 Å². The number of carbonyl (C=O) groups excluding carboxylic acids is 1. The zero-order valence-electron chi connectivity index (χ0n) is 23.0. The van der Waals surface area contributed by atoms with Crippen LogP contribution in [0.5, 0.6) is 17.2 Å². The van der Waals surface area contributed by atoms with E-state index in [1.807, 2.05) is 54.6 Å². The van der Waals surface area contributed by atoms with Gasteiger partial charge in [-0.15, -0.1) is 0 Å². The second-order valence-electron chi connectivity index (χ2n) is 9.32. The standard InChI is InChI=1S/C31H33N3O6/c1-36-24-9-6-22(7-10-24)8-13-29(35)34(21-25-5-4-16-40-25)20-23-19-26-27(37-2)11-12-28(38-3)30(26)32-31(23)33-14-17-39-18-15-33/h4-13,16,19H,14-15,17-18,20-21H2,1-3H3/b13-8+. The Morgan fingerprint density at radius 2 is 1.73 bits per heavy atom. The molecule has 40 heavy (non-hydrogen) atoms. The SMILES string of the molecule is COc1ccc(/C=C/C(=O)N(Cc2ccco2)Cc2cc3c(OC)ccc(OC)c3nc2N2CCOCC2)cc1. The fourth-order valence-electron chi connectivity index (χ4n) is 4.74. The predicted octanol–water partition coefficient (Wildman–Crippen LogP) is 4.93. The molecule has 0 atom stereocenters. The third kappa shape index (κ3) is 6.05. The van der Waals surface area contributed by atoms with Crippen molar-refractivity contribution in [3.05, 3.63) is 83.8 Å². The van der Waals surface area contributed by atoms with Gasteiger partial charge in [0.1, 0.15) is 34.3 Å². The van der Waals surface area contributed by atoms with Crippen molar-refractivity contribution < 1.29 is 28.2 Å². The Hall–Kier alpha value is -4.50. The molecule has 1 fully saturated rings. The molecule has 1 aliphatic rings. The number of hydrogen-bond acceptors (Lipinski definition) is 8. The number of carbonyl (C=O) groups is 1. The minimum atomic E-state index is -0.155. The first-order valence-electron chi connectivity index (χ1n) is 13.1. The predicted molar refractivity (Wildman–Crippen MR) is 153 cm³/mol. The first-order chi connectivity index (χ1) is 19.6. The third-order valence-electron chi connectivity index (χ3n) is 6.85. The second-order valence-corrected chi connectivity index (χ2v) is 9.32. The highest BCUT2D eigenvalue weighted by molar-refractivity contribution is 5.93. The van der Waals surface area contributed by atoms with Crippen molar-refractivity contribution in [2.24, 2.45) is 0 Å². The number of fused-ring (bicyclic) bond motifs is 1. The highest BCUT2D eigenvalue weighted by atomic mass is 16.5. The average Bonchev–Trinajstić information content (AvgIpc) is 3.52. The third-order valence-corrected chi connectivity index (χ3v) is 6.85. The molecule has 0 saturated carbocycles. The molecule has 0 bridgehead atoms. The average molecular weight is 544 g/mol. The Balaban J connectivity index is 1.54. The molecule has 2 aromatic carbocycles. The smallest absolute Gasteiger partial charge is 0.247 e. The van der Waals surface area contributed by atoms with Gasteiger partial charge < -0.3 is 33.2 Å². The number of methoxy groups -OCH3 is 3. The summed E-state index contributed by atoms with van der Waals surface area (Å²) in [4.78, 5) is 22.6. The maximum Gasteiger partial charge on any atom is 0.247 e. The van der Waals surface area contributed by atoms with Crippen LogP contribution in [0.3, 0.4) is 0 Å². The van der Waals surface area contributed by atoms with Gasteiger partial charge in [-0.25, -0.2) is 4.98 Å².